The van der Waals surface area contributed by atoms with Crippen LogP contribution in [0.5, 0.6) is 0 Å². The van der Waals surface area contributed by atoms with Gasteiger partial charge in [-0.15, -0.1) is 0 Å². The summed E-state index contributed by atoms with van der Waals surface area (Å²) in [6, 6.07) is 0. The zero-order valence-electron chi connectivity index (χ0n) is 47.0. The minimum atomic E-state index is -2.89. The molecule has 0 spiro atoms. The average molecular weight is 2810 g/mol. The molecule has 0 aliphatic carbocycles. The third-order valence-electron chi connectivity index (χ3n) is 8.05. The van der Waals surface area contributed by atoms with E-state index in [2.05, 4.69) is 0 Å². The van der Waals surface area contributed by atoms with E-state index < -0.39 is 547 Å². The molecule has 36 unspecified atom stereocenters. The van der Waals surface area contributed by atoms with E-state index in [1.54, 1.807) is 0 Å². The van der Waals surface area contributed by atoms with Gasteiger partial charge in [-0.3, -0.25) is 164 Å². The van der Waals surface area contributed by atoms with Crippen LogP contribution in [0, 0.1) is 0 Å². The van der Waals surface area contributed by atoms with Crippen LogP contribution >= 0.6 is 547 Å². The Morgan fingerprint density at radius 2 is 0.157 bits per heavy atom. The molecule has 578 valence electrons. The topological polar surface area (TPSA) is 615 Å². The van der Waals surface area contributed by atoms with Gasteiger partial charge in [-0.1, -0.05) is 0 Å². The first kappa shape index (κ1) is 127. The second-order valence-electron chi connectivity index (χ2n) is 12.3. The van der Waals surface area contributed by atoms with Crippen LogP contribution in [0.2, 0.25) is 0 Å². The Labute approximate surface area is 702 Å². The third-order valence-corrected chi connectivity index (χ3v) is 513. The molecule has 0 fully saturated rings. The molecule has 0 radical (unpaired) electrons. The fourth-order valence-electron chi connectivity index (χ4n) is 4.65. The molecule has 0 saturated heterocycles. The van der Waals surface area contributed by atoms with Crippen molar-refractivity contribution in [2.45, 2.75) is 0 Å². The second kappa shape index (κ2) is 77.9. The van der Waals surface area contributed by atoms with Crippen LogP contribution in [0.25, 0.3) is 0 Å². The van der Waals surface area contributed by atoms with Crippen molar-refractivity contribution in [1.82, 2.24) is 0 Å². The van der Waals surface area contributed by atoms with E-state index in [9.17, 15) is 164 Å². The molecule has 0 amide bonds. The van der Waals surface area contributed by atoms with E-state index >= 15 is 0 Å². The SMILES string of the molecule is O=PPP(P=O)P(P=O)P(P=O)P(P=O)P(P=O)P(P=O)P(P=O)P(P=O)P(P=O)P(P=O)P(P=O)P(P=O)P(P=O)P(P=O)P(P=O)P(P=O)P(P=O)P(P=O)P(P=O)P(P=O)P(P=O)P(P=O)P(P=O)P(P=O)P(P=O)P(P=O)P(P=O)P(P=O)P(P=O)P(P=O)P(P=O)P(P=O)P(P=O)P(P=O)PP=O. The van der Waals surface area contributed by atoms with Gasteiger partial charge in [0.25, 0.3) is 0 Å². The molecular formula is H2O36P72. The monoisotopic (exact) mass is 2810 g/mol. The first-order chi connectivity index (χ1) is 52.2. The fraction of sp³-hybridized carbons (Fsp3) is 0. The standard InChI is InChI=1S/H2O36P72/c1-37-73-75(39-3)77(41-5)79(43-7)81(45-9)83(47-11)85(49-13)87(51-15)89(53-17)91(55-19)93(57-21)95(59-23)97(61-25)99(63-27)101(65-29)103(67-31)105(69-33)107(71-35)108(72-36)106(70-34)104(68-32)102(66-30)100(64-28)98(62-26)96(60-24)94(58-22)92(56-20)90(54-18)88(52-16)86(50-14)84(48-12)82(46-10)80(44-8)78(42-6)76(40-4)74-38-2/h73-74H. The summed E-state index contributed by atoms with van der Waals surface area (Å²) >= 11 is 0. The lowest BCUT2D eigenvalue weighted by Gasteiger charge is -2.35. The molecule has 0 bridgehead atoms. The van der Waals surface area contributed by atoms with Crippen LogP contribution in [0.3, 0.4) is 0 Å². The van der Waals surface area contributed by atoms with Gasteiger partial charge in [0.1, 0.15) is 0 Å². The molecule has 0 aromatic heterocycles. The lowest BCUT2D eigenvalue weighted by Crippen LogP contribution is -1.60. The molecule has 0 aromatic carbocycles. The van der Waals surface area contributed by atoms with Crippen LogP contribution in [0.1, 0.15) is 0 Å². The molecule has 0 rings (SSSR count). The van der Waals surface area contributed by atoms with Crippen molar-refractivity contribution in [1.29, 1.82) is 0 Å². The van der Waals surface area contributed by atoms with Gasteiger partial charge in [0.2, 0.25) is 0 Å². The molecular weight excluding hydrogens is 2810 g/mol. The Morgan fingerprint density at radius 1 is 0.0926 bits per heavy atom. The Morgan fingerprint density at radius 3 is 0.204 bits per heavy atom. The maximum atomic E-state index is 13.7. The van der Waals surface area contributed by atoms with Gasteiger partial charge in [-0.05, 0) is 0 Å². The molecule has 0 N–H and O–H groups in total. The van der Waals surface area contributed by atoms with Crippen LogP contribution in [0.4, 0.5) is 0 Å². The van der Waals surface area contributed by atoms with E-state index in [1.807, 2.05) is 0 Å². The number of rotatable bonds is 71. The number of hydrogen-bond acceptors (Lipinski definition) is 36. The van der Waals surface area contributed by atoms with E-state index in [0.29, 0.717) is 0 Å². The first-order valence-corrected chi connectivity index (χ1v) is 148. The number of hydrogen-bond donors (Lipinski definition) is 0. The smallest absolute Gasteiger partial charge is 0.193 e. The highest BCUT2D eigenvalue weighted by Gasteiger charge is 2.60. The lowest BCUT2D eigenvalue weighted by atomic mass is 16.0. The quantitative estimate of drug-likeness (QED) is 0.0510. The minimum absolute atomic E-state index is 0.539. The van der Waals surface area contributed by atoms with Crippen LogP contribution in [0.15, 0.2) is 0 Å². The highest BCUT2D eigenvalue weighted by Crippen LogP contribution is 3.35. The average Bonchev–Trinajstić information content (AvgIpc) is 0.789. The van der Waals surface area contributed by atoms with Crippen molar-refractivity contribution in [2.24, 2.45) is 0 Å². The van der Waals surface area contributed by atoms with Gasteiger partial charge in [-0.25, -0.2) is 0 Å². The van der Waals surface area contributed by atoms with Gasteiger partial charge >= 0.3 is 0 Å². The molecule has 0 aliphatic rings. The van der Waals surface area contributed by atoms with Gasteiger partial charge < -0.3 is 0 Å². The predicted molar refractivity (Wildman–Crippen MR) is 526 cm³/mol. The van der Waals surface area contributed by atoms with Crippen LogP contribution < -0.4 is 0 Å². The largest absolute Gasteiger partial charge is 0.270 e. The molecule has 0 aliphatic heterocycles. The van der Waals surface area contributed by atoms with Crippen molar-refractivity contribution >= 4 is 547 Å². The van der Waals surface area contributed by atoms with Gasteiger partial charge in [0.15, 0.2) is 293 Å². The molecule has 0 saturated carbocycles. The first-order valence-electron chi connectivity index (χ1n) is 20.9. The molecule has 36 nitrogen and oxygen atoms in total. The predicted octanol–water partition coefficient (Wildman–Crippen LogP) is 57.2. The summed E-state index contributed by atoms with van der Waals surface area (Å²) in [5, 5.41) is 0. The maximum Gasteiger partial charge on any atom is 0.193 e. The Hall–Kier alpha value is 19.1. The third kappa shape index (κ3) is 38.0. The van der Waals surface area contributed by atoms with Crippen molar-refractivity contribution in [3.8, 4) is 0 Å². The Balaban J connectivity index is 8.26. The van der Waals surface area contributed by atoms with Gasteiger partial charge in [0, 0.05) is 15.9 Å². The van der Waals surface area contributed by atoms with E-state index in [-0.39, 0.29) is 0 Å². The van der Waals surface area contributed by atoms with E-state index in [1.165, 1.54) is 0 Å². The summed E-state index contributed by atoms with van der Waals surface area (Å²) in [6.45, 7) is -90.3. The highest BCUT2D eigenvalue weighted by molar-refractivity contribution is 9.39. The second-order valence-corrected chi connectivity index (χ2v) is 279. The van der Waals surface area contributed by atoms with E-state index in [0.717, 1.165) is 0 Å². The summed E-state index contributed by atoms with van der Waals surface area (Å²) in [4.78, 5) is 0. The van der Waals surface area contributed by atoms with Crippen molar-refractivity contribution in [3.05, 3.63) is 0 Å². The molecule has 0 heterocycles. The summed E-state index contributed by atoms with van der Waals surface area (Å²) in [5.41, 5.74) is 0. The zero-order valence-corrected chi connectivity index (χ0v) is 112. The summed E-state index contributed by atoms with van der Waals surface area (Å²) in [7, 11) is -36.3. The van der Waals surface area contributed by atoms with Gasteiger partial charge in [-0.2, -0.15) is 0 Å². The molecule has 0 aromatic rings. The molecule has 108 heavy (non-hydrogen) atoms. The Kier molecular flexibility index (Phi) is 91.7. The summed E-state index contributed by atoms with van der Waals surface area (Å²) in [6.07, 6.45) is 0. The zero-order chi connectivity index (χ0) is 82.5. The highest BCUT2D eigenvalue weighted by atomic mass is 33.4. The maximum absolute atomic E-state index is 13.7. The van der Waals surface area contributed by atoms with Crippen molar-refractivity contribution in [3.63, 3.8) is 0 Å². The van der Waals surface area contributed by atoms with Gasteiger partial charge in [0.05, 0.1) is 238 Å². The Bertz CT molecular complexity index is 3090. The minimum Gasteiger partial charge on any atom is -0.270 e. The van der Waals surface area contributed by atoms with Crippen LogP contribution in [-0.4, -0.2) is 0 Å². The molecule has 36 atom stereocenters. The van der Waals surface area contributed by atoms with Crippen molar-refractivity contribution in [2.75, 3.05) is 0 Å². The summed E-state index contributed by atoms with van der Waals surface area (Å²) in [5.74, 6) is 0. The fourth-order valence-corrected chi connectivity index (χ4v) is 762. The summed E-state index contributed by atoms with van der Waals surface area (Å²) < 4.78 is 476. The normalized spacial score (nSPS) is 23.4. The van der Waals surface area contributed by atoms with E-state index in [4.69, 9.17) is 0 Å². The van der Waals surface area contributed by atoms with Crippen molar-refractivity contribution < 1.29 is 164 Å². The lowest BCUT2D eigenvalue weighted by molar-refractivity contribution is 0.604. The molecule has 108 heteroatoms. The van der Waals surface area contributed by atoms with Crippen LogP contribution in [-0.2, 0) is 164 Å².